The predicted molar refractivity (Wildman–Crippen MR) is 106 cm³/mol. The third kappa shape index (κ3) is 7.68. The van der Waals surface area contributed by atoms with Gasteiger partial charge in [0, 0.05) is 19.1 Å². The van der Waals surface area contributed by atoms with Gasteiger partial charge in [0.2, 0.25) is 5.91 Å². The fourth-order valence-corrected chi connectivity index (χ4v) is 3.51. The minimum absolute atomic E-state index is 0.0273. The van der Waals surface area contributed by atoms with Crippen LogP contribution >= 0.6 is 0 Å². The van der Waals surface area contributed by atoms with E-state index >= 15 is 0 Å². The second-order valence-corrected chi connectivity index (χ2v) is 7.41. The Morgan fingerprint density at radius 2 is 1.86 bits per heavy atom. The molecule has 1 aromatic carbocycles. The highest BCUT2D eigenvalue weighted by Gasteiger charge is 2.23. The quantitative estimate of drug-likeness (QED) is 0.667. The maximum Gasteiger partial charge on any atom is 0.321 e. The van der Waals surface area contributed by atoms with Gasteiger partial charge in [-0.3, -0.25) is 19.8 Å². The number of esters is 1. The summed E-state index contributed by atoms with van der Waals surface area (Å²) in [6, 6.07) is 9.35. The molecule has 0 spiro atoms. The van der Waals surface area contributed by atoms with Crippen molar-refractivity contribution in [3.05, 3.63) is 35.9 Å². The van der Waals surface area contributed by atoms with Crippen LogP contribution in [0.15, 0.2) is 30.3 Å². The van der Waals surface area contributed by atoms with E-state index in [1.807, 2.05) is 35.2 Å². The molecule has 1 aromatic rings. The van der Waals surface area contributed by atoms with Crippen LogP contribution in [0.5, 0.6) is 0 Å². The molecule has 0 aromatic heterocycles. The Labute approximate surface area is 166 Å². The van der Waals surface area contributed by atoms with Crippen molar-refractivity contribution in [3.8, 4) is 0 Å². The number of nitrogens with one attached hydrogen (secondary N) is 2. The molecule has 1 aliphatic carbocycles. The van der Waals surface area contributed by atoms with Crippen molar-refractivity contribution in [1.29, 1.82) is 0 Å². The monoisotopic (exact) mass is 389 g/mol. The van der Waals surface area contributed by atoms with Gasteiger partial charge in [0.25, 0.3) is 0 Å². The number of carbonyl (C=O) groups is 3. The van der Waals surface area contributed by atoms with Crippen LogP contribution in [0.3, 0.4) is 0 Å². The number of nitrogens with zero attached hydrogens (tertiary/aromatic N) is 1. The molecular formula is C21H31N3O4. The first-order valence-corrected chi connectivity index (χ1v) is 9.91. The van der Waals surface area contributed by atoms with Crippen LogP contribution in [0.2, 0.25) is 0 Å². The molecule has 154 valence electrons. The van der Waals surface area contributed by atoms with E-state index in [0.717, 1.165) is 24.8 Å². The first kappa shape index (κ1) is 21.9. The second-order valence-electron chi connectivity index (χ2n) is 7.41. The van der Waals surface area contributed by atoms with E-state index < -0.39 is 6.03 Å². The summed E-state index contributed by atoms with van der Waals surface area (Å²) < 4.78 is 4.68. The van der Waals surface area contributed by atoms with Crippen LogP contribution < -0.4 is 10.6 Å². The molecule has 2 N–H and O–H groups in total. The number of carbonyl (C=O) groups excluding carboxylic acids is 3. The first-order valence-electron chi connectivity index (χ1n) is 9.91. The lowest BCUT2D eigenvalue weighted by molar-refractivity contribution is -0.141. The molecule has 7 nitrogen and oxygen atoms in total. The van der Waals surface area contributed by atoms with E-state index in [-0.39, 0.29) is 30.9 Å². The number of rotatable bonds is 8. The van der Waals surface area contributed by atoms with Crippen molar-refractivity contribution < 1.29 is 19.1 Å². The Morgan fingerprint density at radius 3 is 2.54 bits per heavy atom. The van der Waals surface area contributed by atoms with Gasteiger partial charge in [-0.1, -0.05) is 50.1 Å². The van der Waals surface area contributed by atoms with E-state index in [2.05, 4.69) is 22.3 Å². The van der Waals surface area contributed by atoms with E-state index in [4.69, 9.17) is 0 Å². The van der Waals surface area contributed by atoms with Gasteiger partial charge in [-0.2, -0.15) is 0 Å². The molecule has 2 rings (SSSR count). The number of ether oxygens (including phenoxy) is 1. The highest BCUT2D eigenvalue weighted by atomic mass is 16.5. The summed E-state index contributed by atoms with van der Waals surface area (Å²) in [7, 11) is 1.34. The van der Waals surface area contributed by atoms with Gasteiger partial charge >= 0.3 is 12.0 Å². The van der Waals surface area contributed by atoms with Gasteiger partial charge in [0.15, 0.2) is 0 Å². The summed E-state index contributed by atoms with van der Waals surface area (Å²) in [4.78, 5) is 37.8. The molecule has 1 aliphatic rings. The van der Waals surface area contributed by atoms with Crippen molar-refractivity contribution >= 4 is 17.9 Å². The number of hydrogen-bond acceptors (Lipinski definition) is 5. The van der Waals surface area contributed by atoms with Crippen molar-refractivity contribution in [2.24, 2.45) is 5.92 Å². The molecule has 0 aliphatic heterocycles. The van der Waals surface area contributed by atoms with Gasteiger partial charge in [-0.05, 0) is 24.3 Å². The zero-order valence-corrected chi connectivity index (χ0v) is 16.8. The molecule has 0 heterocycles. The Hall–Kier alpha value is -2.41. The van der Waals surface area contributed by atoms with Crippen LogP contribution in [0.1, 0.15) is 44.6 Å². The van der Waals surface area contributed by atoms with Crippen molar-refractivity contribution in [2.45, 2.75) is 51.6 Å². The number of amides is 3. The van der Waals surface area contributed by atoms with E-state index in [1.165, 1.54) is 13.5 Å². The third-order valence-electron chi connectivity index (χ3n) is 5.16. The minimum Gasteiger partial charge on any atom is -0.469 e. The average Bonchev–Trinajstić information content (AvgIpc) is 2.68. The van der Waals surface area contributed by atoms with Gasteiger partial charge in [-0.25, -0.2) is 4.79 Å². The lowest BCUT2D eigenvalue weighted by atomic mass is 9.86. The van der Waals surface area contributed by atoms with Crippen LogP contribution in [-0.4, -0.2) is 49.0 Å². The number of methoxy groups -OCH3 is 1. The molecule has 0 bridgehead atoms. The second kappa shape index (κ2) is 11.4. The molecule has 1 fully saturated rings. The molecule has 28 heavy (non-hydrogen) atoms. The van der Waals surface area contributed by atoms with E-state index in [0.29, 0.717) is 19.0 Å². The van der Waals surface area contributed by atoms with Crippen molar-refractivity contribution in [3.63, 3.8) is 0 Å². The van der Waals surface area contributed by atoms with E-state index in [9.17, 15) is 14.4 Å². The summed E-state index contributed by atoms with van der Waals surface area (Å²) in [5.41, 5.74) is 1.03. The highest BCUT2D eigenvalue weighted by Crippen LogP contribution is 2.23. The largest absolute Gasteiger partial charge is 0.469 e. The van der Waals surface area contributed by atoms with Crippen LogP contribution in [0, 0.1) is 5.92 Å². The fraction of sp³-hybridized carbons (Fsp3) is 0.571. The fourth-order valence-electron chi connectivity index (χ4n) is 3.51. The number of imide groups is 1. The third-order valence-corrected chi connectivity index (χ3v) is 5.16. The molecule has 1 saturated carbocycles. The summed E-state index contributed by atoms with van der Waals surface area (Å²) in [5.74, 6) is -0.298. The standard InChI is InChI=1S/C21H31N3O4/c1-16-8-6-7-11-18(16)22-21(27)23-19(25)15-24(13-12-20(26)28-2)14-17-9-4-3-5-10-17/h3-5,9-10,16,18H,6-8,11-15H2,1-2H3,(H2,22,23,25,27)/t16-,18+/m0/s1. The lowest BCUT2D eigenvalue weighted by Crippen LogP contribution is -2.49. The smallest absolute Gasteiger partial charge is 0.321 e. The summed E-state index contributed by atoms with van der Waals surface area (Å²) in [6.07, 6.45) is 4.51. The molecule has 0 saturated heterocycles. The molecule has 7 heteroatoms. The predicted octanol–water partition coefficient (Wildman–Crippen LogP) is 2.46. The summed E-state index contributed by atoms with van der Waals surface area (Å²) in [5, 5.41) is 5.34. The molecular weight excluding hydrogens is 358 g/mol. The van der Waals surface area contributed by atoms with Gasteiger partial charge in [0.1, 0.15) is 0 Å². The first-order chi connectivity index (χ1) is 13.5. The van der Waals surface area contributed by atoms with Crippen molar-refractivity contribution in [1.82, 2.24) is 15.5 Å². The normalized spacial score (nSPS) is 19.1. The van der Waals surface area contributed by atoms with E-state index in [1.54, 1.807) is 0 Å². The van der Waals surface area contributed by atoms with Gasteiger partial charge in [0.05, 0.1) is 20.1 Å². The summed E-state index contributed by atoms with van der Waals surface area (Å²) >= 11 is 0. The Kier molecular flexibility index (Phi) is 8.94. The molecule has 2 atom stereocenters. The zero-order chi connectivity index (χ0) is 20.4. The maximum atomic E-state index is 12.4. The number of benzene rings is 1. The van der Waals surface area contributed by atoms with Crippen molar-refractivity contribution in [2.75, 3.05) is 20.2 Å². The van der Waals surface area contributed by atoms with Crippen LogP contribution in [0.25, 0.3) is 0 Å². The number of urea groups is 1. The molecule has 3 amide bonds. The molecule has 0 radical (unpaired) electrons. The lowest BCUT2D eigenvalue weighted by Gasteiger charge is -2.29. The Bertz CT molecular complexity index is 650. The van der Waals surface area contributed by atoms with Crippen LogP contribution in [-0.2, 0) is 20.9 Å². The summed E-state index contributed by atoms with van der Waals surface area (Å²) in [6.45, 7) is 3.03. The minimum atomic E-state index is -0.448. The average molecular weight is 389 g/mol. The maximum absolute atomic E-state index is 12.4. The highest BCUT2D eigenvalue weighted by molar-refractivity contribution is 5.95. The topological polar surface area (TPSA) is 87.7 Å². The zero-order valence-electron chi connectivity index (χ0n) is 16.8. The Balaban J connectivity index is 1.86. The van der Waals surface area contributed by atoms with Gasteiger partial charge < -0.3 is 10.1 Å². The number of hydrogen-bond donors (Lipinski definition) is 2. The van der Waals surface area contributed by atoms with Gasteiger partial charge in [-0.15, -0.1) is 0 Å². The molecule has 0 unspecified atom stereocenters. The van der Waals surface area contributed by atoms with Crippen LogP contribution in [0.4, 0.5) is 4.79 Å². The Morgan fingerprint density at radius 1 is 1.14 bits per heavy atom. The SMILES string of the molecule is COC(=O)CCN(CC(=O)NC(=O)N[C@@H]1CCCC[C@@H]1C)Cc1ccccc1.